The second-order valence-corrected chi connectivity index (χ2v) is 12.1. The summed E-state index contributed by atoms with van der Waals surface area (Å²) in [5, 5.41) is 11.1. The summed E-state index contributed by atoms with van der Waals surface area (Å²) in [6.45, 7) is 4.14. The van der Waals surface area contributed by atoms with Crippen LogP contribution in [0.1, 0.15) is 78.2 Å². The summed E-state index contributed by atoms with van der Waals surface area (Å²) in [7, 11) is 2.99. The minimum Gasteiger partial charge on any atom is -0.497 e. The van der Waals surface area contributed by atoms with Gasteiger partial charge in [-0.2, -0.15) is 5.26 Å². The molecule has 198 valence electrons. The molecule has 0 bridgehead atoms. The van der Waals surface area contributed by atoms with Gasteiger partial charge in [-0.15, -0.1) is 11.3 Å². The highest BCUT2D eigenvalue weighted by atomic mass is 32.1. The minimum atomic E-state index is -0.583. The van der Waals surface area contributed by atoms with E-state index in [9.17, 15) is 14.9 Å². The van der Waals surface area contributed by atoms with Gasteiger partial charge in [-0.05, 0) is 60.8 Å². The standard InChI is InChI=1S/C30H33N3O4S/c1-30(2)14-21-26(22(34)15-30)24(17-10-12-18(36-3)13-11-17)20(16-31)27(32)33(21)28-25(29(35)37-4)19-8-6-5-7-9-23(19)38-28/h10-13,24H,5-9,14-15,32H2,1-4H3/t24-/m1/s1. The number of nitriles is 1. The van der Waals surface area contributed by atoms with E-state index in [0.717, 1.165) is 53.8 Å². The van der Waals surface area contributed by atoms with Gasteiger partial charge in [-0.25, -0.2) is 4.79 Å². The van der Waals surface area contributed by atoms with Gasteiger partial charge < -0.3 is 15.2 Å². The van der Waals surface area contributed by atoms with Crippen LogP contribution in [-0.2, 0) is 22.4 Å². The fraction of sp³-hybridized carbons (Fsp3) is 0.433. The summed E-state index contributed by atoms with van der Waals surface area (Å²) >= 11 is 1.54. The first-order chi connectivity index (χ1) is 18.2. The molecule has 0 saturated heterocycles. The largest absolute Gasteiger partial charge is 0.497 e. The summed E-state index contributed by atoms with van der Waals surface area (Å²) in [5.41, 5.74) is 10.5. The third-order valence-electron chi connectivity index (χ3n) is 7.83. The molecule has 2 N–H and O–H groups in total. The molecule has 38 heavy (non-hydrogen) atoms. The number of nitrogens with zero attached hydrogens (tertiary/aromatic N) is 2. The number of rotatable bonds is 4. The number of Topliss-reactive ketones (excluding diaryl/α,β-unsaturated/α-hetero) is 1. The normalized spacial score (nSPS) is 20.9. The van der Waals surface area contributed by atoms with Crippen molar-refractivity contribution in [3.05, 3.63) is 68.5 Å². The molecule has 1 atom stereocenters. The zero-order chi connectivity index (χ0) is 27.2. The highest BCUT2D eigenvalue weighted by Gasteiger charge is 2.46. The second-order valence-electron chi connectivity index (χ2n) is 11.0. The number of aryl methyl sites for hydroxylation is 1. The number of methoxy groups -OCH3 is 2. The van der Waals surface area contributed by atoms with Crippen LogP contribution in [0.2, 0.25) is 0 Å². The van der Waals surface area contributed by atoms with Crippen LogP contribution in [0.4, 0.5) is 5.00 Å². The van der Waals surface area contributed by atoms with Gasteiger partial charge in [0.25, 0.3) is 0 Å². The maximum absolute atomic E-state index is 13.8. The first kappa shape index (κ1) is 26.1. The van der Waals surface area contributed by atoms with Gasteiger partial charge in [0.1, 0.15) is 16.6 Å². The molecule has 0 radical (unpaired) electrons. The molecule has 5 rings (SSSR count). The summed E-state index contributed by atoms with van der Waals surface area (Å²) in [4.78, 5) is 30.0. The molecule has 0 fully saturated rings. The van der Waals surface area contributed by atoms with E-state index in [0.29, 0.717) is 40.3 Å². The van der Waals surface area contributed by atoms with E-state index in [1.54, 1.807) is 18.4 Å². The van der Waals surface area contributed by atoms with E-state index >= 15 is 0 Å². The molecule has 0 amide bonds. The van der Waals surface area contributed by atoms with Gasteiger partial charge in [-0.1, -0.05) is 32.4 Å². The van der Waals surface area contributed by atoms with E-state index < -0.39 is 11.9 Å². The number of nitrogens with two attached hydrogens (primary N) is 1. The Morgan fingerprint density at radius 1 is 1.13 bits per heavy atom. The number of ether oxygens (including phenoxy) is 2. The topological polar surface area (TPSA) is 106 Å². The highest BCUT2D eigenvalue weighted by Crippen LogP contribution is 2.53. The van der Waals surface area contributed by atoms with Crippen LogP contribution in [0.25, 0.3) is 0 Å². The van der Waals surface area contributed by atoms with Crippen molar-refractivity contribution in [3.8, 4) is 11.8 Å². The van der Waals surface area contributed by atoms with E-state index in [1.807, 2.05) is 29.2 Å². The molecule has 1 aromatic carbocycles. The van der Waals surface area contributed by atoms with Crippen LogP contribution < -0.4 is 15.4 Å². The molecule has 3 aliphatic rings. The van der Waals surface area contributed by atoms with Gasteiger partial charge in [0, 0.05) is 22.6 Å². The average Bonchev–Trinajstić information content (AvgIpc) is 3.08. The average molecular weight is 532 g/mol. The van der Waals surface area contributed by atoms with Crippen LogP contribution in [0.5, 0.6) is 5.75 Å². The summed E-state index contributed by atoms with van der Waals surface area (Å²) < 4.78 is 10.6. The molecule has 2 aliphatic carbocycles. The number of anilines is 1. The highest BCUT2D eigenvalue weighted by molar-refractivity contribution is 7.16. The van der Waals surface area contributed by atoms with E-state index in [2.05, 4.69) is 19.9 Å². The third kappa shape index (κ3) is 4.29. The molecular formula is C30H33N3O4S. The Balaban J connectivity index is 1.78. The first-order valence-corrected chi connectivity index (χ1v) is 13.8. The van der Waals surface area contributed by atoms with E-state index in [-0.39, 0.29) is 17.0 Å². The van der Waals surface area contributed by atoms with Crippen LogP contribution in [-0.4, -0.2) is 26.0 Å². The van der Waals surface area contributed by atoms with Crippen molar-refractivity contribution in [2.45, 2.75) is 64.7 Å². The molecule has 0 spiro atoms. The van der Waals surface area contributed by atoms with Crippen LogP contribution in [0.15, 0.2) is 46.9 Å². The molecule has 7 nitrogen and oxygen atoms in total. The summed E-state index contributed by atoms with van der Waals surface area (Å²) in [6, 6.07) is 9.75. The van der Waals surface area contributed by atoms with Crippen molar-refractivity contribution in [2.75, 3.05) is 19.1 Å². The van der Waals surface area contributed by atoms with E-state index in [4.69, 9.17) is 15.2 Å². The maximum atomic E-state index is 13.8. The molecule has 0 unspecified atom stereocenters. The number of hydrogen-bond acceptors (Lipinski definition) is 8. The number of ketones is 1. The molecule has 2 heterocycles. The minimum absolute atomic E-state index is 0.0000514. The van der Waals surface area contributed by atoms with Crippen molar-refractivity contribution in [1.82, 2.24) is 0 Å². The van der Waals surface area contributed by atoms with Gasteiger partial charge in [-0.3, -0.25) is 9.69 Å². The van der Waals surface area contributed by atoms with Crippen molar-refractivity contribution in [1.29, 1.82) is 5.26 Å². The van der Waals surface area contributed by atoms with Crippen molar-refractivity contribution < 1.29 is 19.1 Å². The predicted octanol–water partition coefficient (Wildman–Crippen LogP) is 5.75. The quantitative estimate of drug-likeness (QED) is 0.395. The predicted molar refractivity (Wildman–Crippen MR) is 147 cm³/mol. The maximum Gasteiger partial charge on any atom is 0.341 e. The molecule has 8 heteroatoms. The SMILES string of the molecule is COC(=O)c1c(N2C(N)=C(C#N)[C@@H](c3ccc(OC)cc3)C3=C2CC(C)(C)CC3=O)sc2c1CCCCC2. The number of benzene rings is 1. The number of hydrogen-bond donors (Lipinski definition) is 1. The smallest absolute Gasteiger partial charge is 0.341 e. The lowest BCUT2D eigenvalue weighted by molar-refractivity contribution is -0.118. The Labute approximate surface area is 227 Å². The van der Waals surface area contributed by atoms with Gasteiger partial charge in [0.05, 0.1) is 37.3 Å². The Kier molecular flexibility index (Phi) is 6.83. The zero-order valence-corrected chi connectivity index (χ0v) is 23.2. The number of carbonyl (C=O) groups excluding carboxylic acids is 2. The van der Waals surface area contributed by atoms with Crippen molar-refractivity contribution in [2.24, 2.45) is 11.1 Å². The van der Waals surface area contributed by atoms with Crippen LogP contribution in [0, 0.1) is 16.7 Å². The first-order valence-electron chi connectivity index (χ1n) is 13.0. The number of allylic oxidation sites excluding steroid dienone is 3. The number of carbonyl (C=O) groups is 2. The fourth-order valence-corrected chi connectivity index (χ4v) is 7.48. The Hall–Kier alpha value is -3.57. The zero-order valence-electron chi connectivity index (χ0n) is 22.3. The Morgan fingerprint density at radius 2 is 1.84 bits per heavy atom. The molecule has 1 aliphatic heterocycles. The summed E-state index contributed by atoms with van der Waals surface area (Å²) in [6.07, 6.45) is 5.81. The van der Waals surface area contributed by atoms with Gasteiger partial charge >= 0.3 is 5.97 Å². The molecule has 1 aromatic heterocycles. The third-order valence-corrected chi connectivity index (χ3v) is 9.10. The van der Waals surface area contributed by atoms with E-state index in [1.165, 1.54) is 7.11 Å². The number of esters is 1. The number of fused-ring (bicyclic) bond motifs is 1. The fourth-order valence-electron chi connectivity index (χ4n) is 6.07. The molecule has 0 saturated carbocycles. The Morgan fingerprint density at radius 3 is 2.50 bits per heavy atom. The van der Waals surface area contributed by atoms with Crippen LogP contribution >= 0.6 is 11.3 Å². The lowest BCUT2D eigenvalue weighted by Crippen LogP contribution is -2.42. The van der Waals surface area contributed by atoms with Gasteiger partial charge in [0.15, 0.2) is 5.78 Å². The van der Waals surface area contributed by atoms with Crippen LogP contribution in [0.3, 0.4) is 0 Å². The molecular weight excluding hydrogens is 498 g/mol. The van der Waals surface area contributed by atoms with Crippen molar-refractivity contribution >= 4 is 28.1 Å². The van der Waals surface area contributed by atoms with Gasteiger partial charge in [0.2, 0.25) is 0 Å². The second kappa shape index (κ2) is 9.95. The Bertz CT molecular complexity index is 1410. The molecule has 2 aromatic rings. The monoisotopic (exact) mass is 531 g/mol. The lowest BCUT2D eigenvalue weighted by Gasteiger charge is -2.43. The van der Waals surface area contributed by atoms with Crippen molar-refractivity contribution in [3.63, 3.8) is 0 Å². The lowest BCUT2D eigenvalue weighted by atomic mass is 9.68. The summed E-state index contributed by atoms with van der Waals surface area (Å²) in [5.74, 6) is -0.0411. The number of thiophene rings is 1.